The molecule has 0 spiro atoms. The van der Waals surface area contributed by atoms with E-state index in [0.717, 1.165) is 12.5 Å². The maximum absolute atomic E-state index is 6.61. The lowest BCUT2D eigenvalue weighted by Crippen LogP contribution is -2.53. The van der Waals surface area contributed by atoms with E-state index in [2.05, 4.69) is 35.2 Å². The molecule has 0 radical (unpaired) electrons. The average molecular weight is 286 g/mol. The van der Waals surface area contributed by atoms with Crippen LogP contribution in [0.4, 0.5) is 0 Å². The Kier molecular flexibility index (Phi) is 4.97. The molecule has 2 fully saturated rings. The van der Waals surface area contributed by atoms with Crippen LogP contribution in [-0.2, 0) is 6.42 Å². The summed E-state index contributed by atoms with van der Waals surface area (Å²) in [6.07, 6.45) is 10.5. The molecule has 1 saturated carbocycles. The molecule has 1 heterocycles. The van der Waals surface area contributed by atoms with Gasteiger partial charge in [0, 0.05) is 12.1 Å². The number of piperidine rings is 1. The normalized spacial score (nSPS) is 24.0. The highest BCUT2D eigenvalue weighted by Gasteiger charge is 2.31. The maximum Gasteiger partial charge on any atom is 0.0283 e. The minimum atomic E-state index is 0.116. The zero-order valence-electron chi connectivity index (χ0n) is 13.3. The Bertz CT molecular complexity index is 414. The molecule has 1 saturated heterocycles. The maximum atomic E-state index is 6.61. The van der Waals surface area contributed by atoms with E-state index in [-0.39, 0.29) is 5.54 Å². The molecule has 116 valence electrons. The lowest BCUT2D eigenvalue weighted by atomic mass is 9.81. The van der Waals surface area contributed by atoms with Crippen LogP contribution in [0.2, 0.25) is 0 Å². The molecule has 0 amide bonds. The van der Waals surface area contributed by atoms with Crippen LogP contribution in [-0.4, -0.2) is 30.1 Å². The van der Waals surface area contributed by atoms with E-state index >= 15 is 0 Å². The Morgan fingerprint density at radius 2 is 1.67 bits per heavy atom. The number of nitrogens with zero attached hydrogens (tertiary/aromatic N) is 1. The van der Waals surface area contributed by atoms with E-state index in [4.69, 9.17) is 5.73 Å². The minimum Gasteiger partial charge on any atom is -0.324 e. The second-order valence-corrected chi connectivity index (χ2v) is 7.33. The third-order valence-corrected chi connectivity index (χ3v) is 5.46. The molecule has 0 aromatic heterocycles. The van der Waals surface area contributed by atoms with Gasteiger partial charge in [-0.05, 0) is 56.7 Å². The second-order valence-electron chi connectivity index (χ2n) is 7.33. The van der Waals surface area contributed by atoms with E-state index < -0.39 is 0 Å². The highest BCUT2D eigenvalue weighted by Crippen LogP contribution is 2.29. The van der Waals surface area contributed by atoms with Crippen molar-refractivity contribution in [1.29, 1.82) is 0 Å². The fraction of sp³-hybridized carbons (Fsp3) is 0.684. The predicted octanol–water partition coefficient (Wildman–Crippen LogP) is 3.60. The molecule has 2 heteroatoms. The van der Waals surface area contributed by atoms with Crippen LogP contribution in [0.5, 0.6) is 0 Å². The number of nitrogens with two attached hydrogens (primary N) is 1. The van der Waals surface area contributed by atoms with Gasteiger partial charge in [-0.3, -0.25) is 0 Å². The van der Waals surface area contributed by atoms with Gasteiger partial charge >= 0.3 is 0 Å². The van der Waals surface area contributed by atoms with Crippen molar-refractivity contribution >= 4 is 0 Å². The summed E-state index contributed by atoms with van der Waals surface area (Å²) < 4.78 is 0. The zero-order chi connectivity index (χ0) is 14.5. The summed E-state index contributed by atoms with van der Waals surface area (Å²) in [6.45, 7) is 3.62. The minimum absolute atomic E-state index is 0.116. The van der Waals surface area contributed by atoms with Crippen molar-refractivity contribution in [3.8, 4) is 0 Å². The summed E-state index contributed by atoms with van der Waals surface area (Å²) in [4.78, 5) is 2.63. The van der Waals surface area contributed by atoms with Crippen molar-refractivity contribution in [2.45, 2.75) is 56.9 Å². The first-order chi connectivity index (χ1) is 10.2. The predicted molar refractivity (Wildman–Crippen MR) is 89.3 cm³/mol. The molecule has 1 aromatic carbocycles. The summed E-state index contributed by atoms with van der Waals surface area (Å²) in [7, 11) is 0. The third-order valence-electron chi connectivity index (χ3n) is 5.46. The van der Waals surface area contributed by atoms with Crippen LogP contribution in [0.15, 0.2) is 30.3 Å². The van der Waals surface area contributed by atoms with Gasteiger partial charge in [0.05, 0.1) is 0 Å². The van der Waals surface area contributed by atoms with Gasteiger partial charge in [-0.15, -0.1) is 0 Å². The fourth-order valence-electron chi connectivity index (χ4n) is 4.16. The fourth-order valence-corrected chi connectivity index (χ4v) is 4.16. The molecular weight excluding hydrogens is 256 g/mol. The van der Waals surface area contributed by atoms with Crippen molar-refractivity contribution in [3.05, 3.63) is 35.9 Å². The summed E-state index contributed by atoms with van der Waals surface area (Å²) in [5.41, 5.74) is 8.22. The lowest BCUT2D eigenvalue weighted by Gasteiger charge is -2.41. The number of hydrogen-bond acceptors (Lipinski definition) is 2. The molecule has 2 N–H and O–H groups in total. The summed E-state index contributed by atoms with van der Waals surface area (Å²) in [5, 5.41) is 0. The largest absolute Gasteiger partial charge is 0.324 e. The SMILES string of the molecule is NC1(CN2CCC(Cc3ccccc3)CC2)CCCCC1. The van der Waals surface area contributed by atoms with Crippen molar-refractivity contribution in [1.82, 2.24) is 4.90 Å². The van der Waals surface area contributed by atoms with E-state index in [0.29, 0.717) is 0 Å². The van der Waals surface area contributed by atoms with Gasteiger partial charge in [-0.2, -0.15) is 0 Å². The standard InChI is InChI=1S/C19H30N2/c20-19(11-5-2-6-12-19)16-21-13-9-18(10-14-21)15-17-7-3-1-4-8-17/h1,3-4,7-8,18H,2,5-6,9-16,20H2. The number of hydrogen-bond donors (Lipinski definition) is 1. The van der Waals surface area contributed by atoms with Gasteiger partial charge in [0.1, 0.15) is 0 Å². The van der Waals surface area contributed by atoms with Crippen LogP contribution >= 0.6 is 0 Å². The zero-order valence-corrected chi connectivity index (χ0v) is 13.3. The molecule has 0 unspecified atom stereocenters. The molecule has 1 aliphatic carbocycles. The quantitative estimate of drug-likeness (QED) is 0.916. The summed E-state index contributed by atoms with van der Waals surface area (Å²) in [5.74, 6) is 0.865. The Morgan fingerprint density at radius 1 is 1.00 bits per heavy atom. The molecule has 21 heavy (non-hydrogen) atoms. The summed E-state index contributed by atoms with van der Waals surface area (Å²) in [6, 6.07) is 11.0. The first kappa shape index (κ1) is 15.1. The topological polar surface area (TPSA) is 29.3 Å². The van der Waals surface area contributed by atoms with Gasteiger partial charge in [0.25, 0.3) is 0 Å². The Balaban J connectivity index is 1.44. The molecule has 3 rings (SSSR count). The van der Waals surface area contributed by atoms with Gasteiger partial charge < -0.3 is 10.6 Å². The van der Waals surface area contributed by atoms with Gasteiger partial charge in [0.2, 0.25) is 0 Å². The monoisotopic (exact) mass is 286 g/mol. The van der Waals surface area contributed by atoms with E-state index in [1.54, 1.807) is 0 Å². The molecular formula is C19H30N2. The first-order valence-electron chi connectivity index (χ1n) is 8.79. The van der Waals surface area contributed by atoms with Crippen molar-refractivity contribution < 1.29 is 0 Å². The molecule has 2 aliphatic rings. The van der Waals surface area contributed by atoms with Crippen molar-refractivity contribution in [2.24, 2.45) is 11.7 Å². The smallest absolute Gasteiger partial charge is 0.0283 e. The van der Waals surface area contributed by atoms with E-state index in [1.165, 1.54) is 70.0 Å². The molecule has 1 aliphatic heterocycles. The lowest BCUT2D eigenvalue weighted by molar-refractivity contribution is 0.128. The van der Waals surface area contributed by atoms with Crippen LogP contribution in [0.3, 0.4) is 0 Å². The van der Waals surface area contributed by atoms with Crippen molar-refractivity contribution in [2.75, 3.05) is 19.6 Å². The molecule has 1 aromatic rings. The van der Waals surface area contributed by atoms with Crippen molar-refractivity contribution in [3.63, 3.8) is 0 Å². The molecule has 2 nitrogen and oxygen atoms in total. The van der Waals surface area contributed by atoms with Crippen LogP contribution in [0.1, 0.15) is 50.5 Å². The average Bonchev–Trinajstić information content (AvgIpc) is 2.51. The van der Waals surface area contributed by atoms with Crippen LogP contribution < -0.4 is 5.73 Å². The van der Waals surface area contributed by atoms with Gasteiger partial charge in [-0.1, -0.05) is 49.6 Å². The third kappa shape index (κ3) is 4.31. The molecule has 0 bridgehead atoms. The van der Waals surface area contributed by atoms with Crippen LogP contribution in [0.25, 0.3) is 0 Å². The number of rotatable bonds is 4. The molecule has 0 atom stereocenters. The summed E-state index contributed by atoms with van der Waals surface area (Å²) >= 11 is 0. The van der Waals surface area contributed by atoms with Gasteiger partial charge in [-0.25, -0.2) is 0 Å². The highest BCUT2D eigenvalue weighted by atomic mass is 15.1. The second kappa shape index (κ2) is 6.93. The van der Waals surface area contributed by atoms with Crippen LogP contribution in [0, 0.1) is 5.92 Å². The van der Waals surface area contributed by atoms with Gasteiger partial charge in [0.15, 0.2) is 0 Å². The Morgan fingerprint density at radius 3 is 2.33 bits per heavy atom. The Labute approximate surface area is 129 Å². The Hall–Kier alpha value is -0.860. The van der Waals surface area contributed by atoms with E-state index in [9.17, 15) is 0 Å². The number of likely N-dealkylation sites (tertiary alicyclic amines) is 1. The van der Waals surface area contributed by atoms with E-state index in [1.807, 2.05) is 0 Å². The highest BCUT2D eigenvalue weighted by molar-refractivity contribution is 5.15. The number of benzene rings is 1. The first-order valence-corrected chi connectivity index (χ1v) is 8.79.